The van der Waals surface area contributed by atoms with Gasteiger partial charge in [-0.05, 0) is 30.7 Å². The van der Waals surface area contributed by atoms with Gasteiger partial charge in [0.2, 0.25) is 5.91 Å². The van der Waals surface area contributed by atoms with Crippen molar-refractivity contribution in [1.82, 2.24) is 0 Å². The lowest BCUT2D eigenvalue weighted by atomic mass is 9.95. The number of nitrogens with one attached hydrogen (secondary N) is 1. The minimum atomic E-state index is -0.415. The first-order valence-electron chi connectivity index (χ1n) is 5.86. The van der Waals surface area contributed by atoms with Gasteiger partial charge in [-0.1, -0.05) is 32.6 Å². The van der Waals surface area contributed by atoms with Crippen LogP contribution in [-0.2, 0) is 4.79 Å². The van der Waals surface area contributed by atoms with E-state index in [0.29, 0.717) is 0 Å². The highest BCUT2D eigenvalue weighted by molar-refractivity contribution is 5.95. The van der Waals surface area contributed by atoms with Crippen molar-refractivity contribution in [3.05, 3.63) is 29.3 Å². The number of carbonyl (C=O) groups excluding carboxylic acids is 1. The SMILES string of the molecule is Cc1cc(C#CCO)ccc1NC(=O)C(C)(C)C. The third-order valence-electron chi connectivity index (χ3n) is 2.47. The molecule has 0 aliphatic carbocycles. The number of anilines is 1. The summed E-state index contributed by atoms with van der Waals surface area (Å²) in [5, 5.41) is 11.5. The minimum absolute atomic E-state index is 0.0141. The summed E-state index contributed by atoms with van der Waals surface area (Å²) in [4.78, 5) is 11.9. The first-order valence-corrected chi connectivity index (χ1v) is 5.86. The molecule has 1 amide bonds. The molecule has 0 aliphatic rings. The Balaban J connectivity index is 2.90. The maximum Gasteiger partial charge on any atom is 0.229 e. The predicted molar refractivity (Wildman–Crippen MR) is 73.2 cm³/mol. The monoisotopic (exact) mass is 245 g/mol. The molecule has 18 heavy (non-hydrogen) atoms. The molecule has 2 N–H and O–H groups in total. The van der Waals surface area contributed by atoms with E-state index in [0.717, 1.165) is 16.8 Å². The van der Waals surface area contributed by atoms with Gasteiger partial charge in [-0.3, -0.25) is 4.79 Å². The summed E-state index contributed by atoms with van der Waals surface area (Å²) in [6, 6.07) is 5.55. The van der Waals surface area contributed by atoms with E-state index in [2.05, 4.69) is 17.2 Å². The fraction of sp³-hybridized carbons (Fsp3) is 0.400. The number of rotatable bonds is 1. The Morgan fingerprint density at radius 2 is 2.06 bits per heavy atom. The van der Waals surface area contributed by atoms with Gasteiger partial charge in [-0.2, -0.15) is 0 Å². The van der Waals surface area contributed by atoms with Gasteiger partial charge in [-0.25, -0.2) is 0 Å². The Morgan fingerprint density at radius 3 is 2.56 bits per heavy atom. The summed E-state index contributed by atoms with van der Waals surface area (Å²) < 4.78 is 0. The van der Waals surface area contributed by atoms with Crippen molar-refractivity contribution in [3.63, 3.8) is 0 Å². The molecule has 0 aromatic heterocycles. The molecule has 0 radical (unpaired) electrons. The van der Waals surface area contributed by atoms with E-state index in [4.69, 9.17) is 5.11 Å². The van der Waals surface area contributed by atoms with Crippen LogP contribution in [0.4, 0.5) is 5.69 Å². The third kappa shape index (κ3) is 3.90. The summed E-state index contributed by atoms with van der Waals surface area (Å²) in [7, 11) is 0. The van der Waals surface area contributed by atoms with Crippen LogP contribution >= 0.6 is 0 Å². The number of benzene rings is 1. The van der Waals surface area contributed by atoms with Crippen LogP contribution in [0, 0.1) is 24.2 Å². The molecule has 1 rings (SSSR count). The normalized spacial score (nSPS) is 10.5. The largest absolute Gasteiger partial charge is 0.384 e. The fourth-order valence-corrected chi connectivity index (χ4v) is 1.33. The molecule has 0 unspecified atom stereocenters. The predicted octanol–water partition coefficient (Wildman–Crippen LogP) is 2.32. The van der Waals surface area contributed by atoms with E-state index < -0.39 is 5.41 Å². The average Bonchev–Trinajstić information content (AvgIpc) is 2.28. The standard InChI is InChI=1S/C15H19NO2/c1-11-10-12(6-5-9-17)7-8-13(11)16-14(18)15(2,3)4/h7-8,10,17H,9H2,1-4H3,(H,16,18). The van der Waals surface area contributed by atoms with Crippen LogP contribution in [0.25, 0.3) is 0 Å². The van der Waals surface area contributed by atoms with Crippen molar-refractivity contribution in [2.75, 3.05) is 11.9 Å². The lowest BCUT2D eigenvalue weighted by Gasteiger charge is -2.18. The Kier molecular flexibility index (Phi) is 4.52. The van der Waals surface area contributed by atoms with Crippen LogP contribution in [0.2, 0.25) is 0 Å². The van der Waals surface area contributed by atoms with E-state index in [1.54, 1.807) is 0 Å². The molecule has 0 saturated heterocycles. The van der Waals surface area contributed by atoms with Gasteiger partial charge >= 0.3 is 0 Å². The van der Waals surface area contributed by atoms with Gasteiger partial charge in [0.05, 0.1) is 0 Å². The maximum absolute atomic E-state index is 11.9. The molecule has 3 nitrogen and oxygen atoms in total. The summed E-state index contributed by atoms with van der Waals surface area (Å²) in [5.41, 5.74) is 2.17. The maximum atomic E-state index is 11.9. The average molecular weight is 245 g/mol. The smallest absolute Gasteiger partial charge is 0.229 e. The summed E-state index contributed by atoms with van der Waals surface area (Å²) in [6.45, 7) is 7.39. The summed E-state index contributed by atoms with van der Waals surface area (Å²) >= 11 is 0. The first kappa shape index (κ1) is 14.3. The van der Waals surface area contributed by atoms with Crippen molar-refractivity contribution in [3.8, 4) is 11.8 Å². The second kappa shape index (κ2) is 5.70. The number of hydrogen-bond acceptors (Lipinski definition) is 2. The molecule has 0 aliphatic heterocycles. The fourth-order valence-electron chi connectivity index (χ4n) is 1.33. The van der Waals surface area contributed by atoms with E-state index in [-0.39, 0.29) is 12.5 Å². The van der Waals surface area contributed by atoms with Gasteiger partial charge in [0.1, 0.15) is 6.61 Å². The zero-order chi connectivity index (χ0) is 13.8. The third-order valence-corrected chi connectivity index (χ3v) is 2.47. The first-order chi connectivity index (χ1) is 8.34. The topological polar surface area (TPSA) is 49.3 Å². The van der Waals surface area contributed by atoms with Crippen molar-refractivity contribution in [2.45, 2.75) is 27.7 Å². The number of carbonyl (C=O) groups is 1. The van der Waals surface area contributed by atoms with E-state index in [1.165, 1.54) is 0 Å². The second-order valence-corrected chi connectivity index (χ2v) is 5.19. The number of amides is 1. The van der Waals surface area contributed by atoms with E-state index in [1.807, 2.05) is 45.9 Å². The van der Waals surface area contributed by atoms with E-state index in [9.17, 15) is 4.79 Å². The highest BCUT2D eigenvalue weighted by atomic mass is 16.2. The molecule has 0 fully saturated rings. The lowest BCUT2D eigenvalue weighted by molar-refractivity contribution is -0.123. The molecule has 96 valence electrons. The minimum Gasteiger partial charge on any atom is -0.384 e. The summed E-state index contributed by atoms with van der Waals surface area (Å²) in [6.07, 6.45) is 0. The quantitative estimate of drug-likeness (QED) is 0.746. The van der Waals surface area contributed by atoms with Crippen molar-refractivity contribution in [1.29, 1.82) is 0 Å². The molecule has 3 heteroatoms. The van der Waals surface area contributed by atoms with Crippen LogP contribution in [0.15, 0.2) is 18.2 Å². The Bertz CT molecular complexity index is 501. The summed E-state index contributed by atoms with van der Waals surface area (Å²) in [5.74, 6) is 5.41. The van der Waals surface area contributed by atoms with E-state index >= 15 is 0 Å². The molecular weight excluding hydrogens is 226 g/mol. The molecule has 0 atom stereocenters. The van der Waals surface area contributed by atoms with Gasteiger partial charge in [0.15, 0.2) is 0 Å². The van der Waals surface area contributed by atoms with Crippen LogP contribution in [0.1, 0.15) is 31.9 Å². The van der Waals surface area contributed by atoms with Crippen molar-refractivity contribution >= 4 is 11.6 Å². The van der Waals surface area contributed by atoms with Gasteiger partial charge in [0.25, 0.3) is 0 Å². The highest BCUT2D eigenvalue weighted by Crippen LogP contribution is 2.20. The second-order valence-electron chi connectivity index (χ2n) is 5.19. The lowest BCUT2D eigenvalue weighted by Crippen LogP contribution is -2.27. The number of hydrogen-bond donors (Lipinski definition) is 2. The zero-order valence-electron chi connectivity index (χ0n) is 11.3. The number of aliphatic hydroxyl groups is 1. The number of aryl methyl sites for hydroxylation is 1. The van der Waals surface area contributed by atoms with Crippen LogP contribution in [0.3, 0.4) is 0 Å². The molecule has 1 aromatic rings. The zero-order valence-corrected chi connectivity index (χ0v) is 11.3. The molecule has 0 heterocycles. The Labute approximate surface area is 108 Å². The van der Waals surface area contributed by atoms with Crippen molar-refractivity contribution in [2.24, 2.45) is 5.41 Å². The molecular formula is C15H19NO2. The van der Waals surface area contributed by atoms with Crippen LogP contribution in [-0.4, -0.2) is 17.6 Å². The highest BCUT2D eigenvalue weighted by Gasteiger charge is 2.21. The number of aliphatic hydroxyl groups excluding tert-OH is 1. The van der Waals surface area contributed by atoms with Crippen LogP contribution in [0.5, 0.6) is 0 Å². The molecule has 0 saturated carbocycles. The van der Waals surface area contributed by atoms with Crippen LogP contribution < -0.4 is 5.32 Å². The van der Waals surface area contributed by atoms with Crippen molar-refractivity contribution < 1.29 is 9.90 Å². The molecule has 0 spiro atoms. The molecule has 1 aromatic carbocycles. The Morgan fingerprint density at radius 1 is 1.39 bits per heavy atom. The van der Waals surface area contributed by atoms with Gasteiger partial charge in [-0.15, -0.1) is 0 Å². The van der Waals surface area contributed by atoms with Gasteiger partial charge < -0.3 is 10.4 Å². The van der Waals surface area contributed by atoms with Gasteiger partial charge in [0, 0.05) is 16.7 Å². The Hall–Kier alpha value is -1.79. The molecule has 0 bridgehead atoms.